The van der Waals surface area contributed by atoms with Crippen LogP contribution in [0.1, 0.15) is 18.4 Å². The third-order valence-corrected chi connectivity index (χ3v) is 3.80. The van der Waals surface area contributed by atoms with Crippen LogP contribution in [0, 0.1) is 0 Å². The summed E-state index contributed by atoms with van der Waals surface area (Å²) in [7, 11) is 0. The van der Waals surface area contributed by atoms with Crippen molar-refractivity contribution in [1.82, 2.24) is 0 Å². The average molecular weight is 253 g/mol. The second-order valence-electron chi connectivity index (χ2n) is 5.06. The first-order valence-electron chi connectivity index (χ1n) is 6.92. The Labute approximate surface area is 114 Å². The molecule has 1 heterocycles. The van der Waals surface area contributed by atoms with Crippen LogP contribution in [0.25, 0.3) is 11.1 Å². The van der Waals surface area contributed by atoms with Gasteiger partial charge in [0, 0.05) is 24.3 Å². The summed E-state index contributed by atoms with van der Waals surface area (Å²) in [5, 5.41) is 9.62. The van der Waals surface area contributed by atoms with Crippen LogP contribution in [0.2, 0.25) is 0 Å². The Hall–Kier alpha value is -1.80. The lowest BCUT2D eigenvalue weighted by atomic mass is 10.0. The lowest BCUT2D eigenvalue weighted by Gasteiger charge is -2.21. The summed E-state index contributed by atoms with van der Waals surface area (Å²) in [4.78, 5) is 2.38. The second kappa shape index (κ2) is 5.45. The van der Waals surface area contributed by atoms with Crippen molar-refractivity contribution in [1.29, 1.82) is 0 Å². The minimum absolute atomic E-state index is 0.104. The van der Waals surface area contributed by atoms with Crippen molar-refractivity contribution in [3.8, 4) is 11.1 Å². The lowest BCUT2D eigenvalue weighted by Crippen LogP contribution is -2.19. The fourth-order valence-corrected chi connectivity index (χ4v) is 2.79. The van der Waals surface area contributed by atoms with Gasteiger partial charge in [0.15, 0.2) is 0 Å². The van der Waals surface area contributed by atoms with E-state index in [9.17, 15) is 5.11 Å². The van der Waals surface area contributed by atoms with E-state index in [-0.39, 0.29) is 6.61 Å². The number of anilines is 1. The van der Waals surface area contributed by atoms with Gasteiger partial charge < -0.3 is 10.0 Å². The maximum Gasteiger partial charge on any atom is 0.0702 e. The van der Waals surface area contributed by atoms with Crippen LogP contribution in [-0.2, 0) is 6.61 Å². The first-order valence-corrected chi connectivity index (χ1v) is 6.92. The Morgan fingerprint density at radius 1 is 0.895 bits per heavy atom. The van der Waals surface area contributed by atoms with E-state index >= 15 is 0 Å². The number of hydrogen-bond acceptors (Lipinski definition) is 2. The van der Waals surface area contributed by atoms with Gasteiger partial charge in [-0.05, 0) is 36.1 Å². The Balaban J connectivity index is 1.97. The van der Waals surface area contributed by atoms with E-state index in [1.54, 1.807) is 0 Å². The quantitative estimate of drug-likeness (QED) is 0.905. The molecular formula is C17H19NO. The smallest absolute Gasteiger partial charge is 0.0702 e. The molecule has 0 bridgehead atoms. The molecule has 0 spiro atoms. The molecule has 0 saturated carbocycles. The minimum atomic E-state index is 0.104. The fourth-order valence-electron chi connectivity index (χ4n) is 2.79. The van der Waals surface area contributed by atoms with E-state index in [0.717, 1.165) is 18.7 Å². The number of benzene rings is 2. The first-order chi connectivity index (χ1) is 9.38. The summed E-state index contributed by atoms with van der Waals surface area (Å²) < 4.78 is 0. The van der Waals surface area contributed by atoms with Crippen molar-refractivity contribution < 1.29 is 5.11 Å². The van der Waals surface area contributed by atoms with Crippen molar-refractivity contribution >= 4 is 5.69 Å². The van der Waals surface area contributed by atoms with Gasteiger partial charge in [-0.1, -0.05) is 36.4 Å². The van der Waals surface area contributed by atoms with Crippen LogP contribution in [0.4, 0.5) is 5.69 Å². The molecule has 19 heavy (non-hydrogen) atoms. The zero-order valence-corrected chi connectivity index (χ0v) is 11.0. The zero-order chi connectivity index (χ0) is 13.1. The molecule has 2 heteroatoms. The highest BCUT2D eigenvalue weighted by Crippen LogP contribution is 2.29. The molecule has 0 aromatic heterocycles. The molecule has 1 saturated heterocycles. The summed E-state index contributed by atoms with van der Waals surface area (Å²) in [6, 6.07) is 16.7. The molecule has 1 aliphatic rings. The van der Waals surface area contributed by atoms with Crippen LogP contribution in [-0.4, -0.2) is 18.2 Å². The summed E-state index contributed by atoms with van der Waals surface area (Å²) in [5.74, 6) is 0. The van der Waals surface area contributed by atoms with Crippen LogP contribution >= 0.6 is 0 Å². The van der Waals surface area contributed by atoms with Gasteiger partial charge >= 0.3 is 0 Å². The molecule has 0 unspecified atom stereocenters. The SMILES string of the molecule is OCc1cc(-c2ccccc2)ccc1N1CCCC1. The molecule has 3 rings (SSSR count). The molecule has 2 aromatic carbocycles. The normalized spacial score (nSPS) is 14.9. The highest BCUT2D eigenvalue weighted by molar-refractivity contribution is 5.69. The Bertz CT molecular complexity index is 544. The number of rotatable bonds is 3. The minimum Gasteiger partial charge on any atom is -0.392 e. The third-order valence-electron chi connectivity index (χ3n) is 3.80. The summed E-state index contributed by atoms with van der Waals surface area (Å²) >= 11 is 0. The maximum atomic E-state index is 9.62. The lowest BCUT2D eigenvalue weighted by molar-refractivity contribution is 0.282. The van der Waals surface area contributed by atoms with E-state index in [0.29, 0.717) is 0 Å². The molecule has 0 aliphatic carbocycles. The van der Waals surface area contributed by atoms with Gasteiger partial charge in [0.2, 0.25) is 0 Å². The highest BCUT2D eigenvalue weighted by atomic mass is 16.3. The van der Waals surface area contributed by atoms with Gasteiger partial charge in [0.25, 0.3) is 0 Å². The van der Waals surface area contributed by atoms with Gasteiger partial charge in [0.1, 0.15) is 0 Å². The molecule has 1 aliphatic heterocycles. The summed E-state index contributed by atoms with van der Waals surface area (Å²) in [5.41, 5.74) is 4.60. The fraction of sp³-hybridized carbons (Fsp3) is 0.294. The van der Waals surface area contributed by atoms with Crippen LogP contribution < -0.4 is 4.90 Å². The number of hydrogen-bond donors (Lipinski definition) is 1. The van der Waals surface area contributed by atoms with Gasteiger partial charge in [-0.15, -0.1) is 0 Å². The molecule has 0 radical (unpaired) electrons. The standard InChI is InChI=1S/C17H19NO/c19-13-16-12-15(14-6-2-1-3-7-14)8-9-17(16)18-10-4-5-11-18/h1-3,6-9,12,19H,4-5,10-11,13H2. The summed E-state index contributed by atoms with van der Waals surface area (Å²) in [6.07, 6.45) is 2.51. The van der Waals surface area contributed by atoms with E-state index in [2.05, 4.69) is 35.2 Å². The monoisotopic (exact) mass is 253 g/mol. The van der Waals surface area contributed by atoms with E-state index in [1.165, 1.54) is 29.7 Å². The van der Waals surface area contributed by atoms with Crippen LogP contribution in [0.3, 0.4) is 0 Å². The first kappa shape index (κ1) is 12.2. The average Bonchev–Trinajstić information content (AvgIpc) is 3.01. The molecule has 0 amide bonds. The summed E-state index contributed by atoms with van der Waals surface area (Å²) in [6.45, 7) is 2.32. The number of aliphatic hydroxyl groups is 1. The van der Waals surface area contributed by atoms with Gasteiger partial charge in [-0.25, -0.2) is 0 Å². The van der Waals surface area contributed by atoms with Crippen molar-refractivity contribution in [3.05, 3.63) is 54.1 Å². The van der Waals surface area contributed by atoms with Crippen LogP contribution in [0.15, 0.2) is 48.5 Å². The maximum absolute atomic E-state index is 9.62. The van der Waals surface area contributed by atoms with Gasteiger partial charge in [0.05, 0.1) is 6.61 Å². The predicted octanol–water partition coefficient (Wildman–Crippen LogP) is 3.45. The Morgan fingerprint density at radius 2 is 1.63 bits per heavy atom. The van der Waals surface area contributed by atoms with E-state index < -0.39 is 0 Å². The topological polar surface area (TPSA) is 23.5 Å². The number of aliphatic hydroxyl groups excluding tert-OH is 1. The molecule has 0 atom stereocenters. The van der Waals surface area contributed by atoms with E-state index in [4.69, 9.17) is 0 Å². The molecular weight excluding hydrogens is 234 g/mol. The zero-order valence-electron chi connectivity index (χ0n) is 11.0. The molecule has 98 valence electrons. The number of nitrogens with zero attached hydrogens (tertiary/aromatic N) is 1. The van der Waals surface area contributed by atoms with Crippen molar-refractivity contribution in [2.75, 3.05) is 18.0 Å². The van der Waals surface area contributed by atoms with Gasteiger partial charge in [-0.3, -0.25) is 0 Å². The third kappa shape index (κ3) is 2.49. The second-order valence-corrected chi connectivity index (χ2v) is 5.06. The Kier molecular flexibility index (Phi) is 3.51. The van der Waals surface area contributed by atoms with Crippen molar-refractivity contribution in [2.45, 2.75) is 19.4 Å². The largest absolute Gasteiger partial charge is 0.392 e. The van der Waals surface area contributed by atoms with E-state index in [1.807, 2.05) is 18.2 Å². The molecule has 2 nitrogen and oxygen atoms in total. The van der Waals surface area contributed by atoms with Crippen molar-refractivity contribution in [2.24, 2.45) is 0 Å². The molecule has 2 aromatic rings. The van der Waals surface area contributed by atoms with Gasteiger partial charge in [-0.2, -0.15) is 0 Å². The van der Waals surface area contributed by atoms with Crippen LogP contribution in [0.5, 0.6) is 0 Å². The predicted molar refractivity (Wildman–Crippen MR) is 79.2 cm³/mol. The Morgan fingerprint density at radius 3 is 2.32 bits per heavy atom. The molecule has 1 N–H and O–H groups in total. The van der Waals surface area contributed by atoms with Crippen molar-refractivity contribution in [3.63, 3.8) is 0 Å². The molecule has 1 fully saturated rings. The highest BCUT2D eigenvalue weighted by Gasteiger charge is 2.15.